The molecule has 2 heterocycles. The molecule has 3 N–H and O–H groups in total. The van der Waals surface area contributed by atoms with Crippen LogP contribution in [-0.4, -0.2) is 76.9 Å². The number of esters is 1. The lowest BCUT2D eigenvalue weighted by molar-refractivity contribution is -0.148. The molecule has 3 aliphatic rings. The summed E-state index contributed by atoms with van der Waals surface area (Å²) in [5.41, 5.74) is -1.88. The number of amides is 3. The average Bonchev–Trinajstić information content (AvgIpc) is 3.29. The number of fused-ring (bicyclic) bond motifs is 2. The van der Waals surface area contributed by atoms with Crippen molar-refractivity contribution in [3.05, 3.63) is 12.2 Å². The van der Waals surface area contributed by atoms with Gasteiger partial charge in [-0.3, -0.25) is 9.59 Å². The fraction of sp³-hybridized carbons (Fsp3) is 0.750. The molecule has 0 radical (unpaired) electrons. The van der Waals surface area contributed by atoms with Crippen molar-refractivity contribution in [2.45, 2.75) is 95.0 Å². The summed E-state index contributed by atoms with van der Waals surface area (Å²) >= 11 is 0. The highest BCUT2D eigenvalue weighted by Crippen LogP contribution is 2.46. The van der Waals surface area contributed by atoms with Gasteiger partial charge in [-0.05, 0) is 46.5 Å². The Hall–Kier alpha value is -2.62. The highest BCUT2D eigenvalue weighted by molar-refractivity contribution is 5.96. The highest BCUT2D eigenvalue weighted by atomic mass is 16.6. The van der Waals surface area contributed by atoms with Gasteiger partial charge in [-0.15, -0.1) is 0 Å². The summed E-state index contributed by atoms with van der Waals surface area (Å²) in [6.45, 7) is 5.17. The van der Waals surface area contributed by atoms with Crippen LogP contribution in [0, 0.1) is 5.92 Å². The summed E-state index contributed by atoms with van der Waals surface area (Å²) in [5.74, 6) is -1.67. The van der Waals surface area contributed by atoms with Gasteiger partial charge in [0, 0.05) is 18.9 Å². The van der Waals surface area contributed by atoms with Crippen molar-refractivity contribution in [3.63, 3.8) is 0 Å². The first-order chi connectivity index (χ1) is 16.0. The molecule has 0 aromatic rings. The molecule has 10 heteroatoms. The molecule has 0 bridgehead atoms. The number of hydrogen-bond acceptors (Lipinski definition) is 7. The number of carbonyl (C=O) groups is 4. The molecule has 2 aliphatic heterocycles. The van der Waals surface area contributed by atoms with Crippen LogP contribution in [0.4, 0.5) is 4.79 Å². The van der Waals surface area contributed by atoms with Crippen LogP contribution in [0.3, 0.4) is 0 Å². The highest BCUT2D eigenvalue weighted by Gasteiger charge is 2.62. The minimum absolute atomic E-state index is 0.0298. The second kappa shape index (κ2) is 10.3. The average molecular weight is 480 g/mol. The van der Waals surface area contributed by atoms with Gasteiger partial charge in [0.1, 0.15) is 23.2 Å². The zero-order valence-electron chi connectivity index (χ0n) is 20.5. The molecular formula is C24H37N3O7. The third-order valence-corrected chi connectivity index (χ3v) is 6.50. The Labute approximate surface area is 200 Å². The van der Waals surface area contributed by atoms with Gasteiger partial charge in [-0.1, -0.05) is 25.0 Å². The van der Waals surface area contributed by atoms with Crippen LogP contribution in [0.2, 0.25) is 0 Å². The molecule has 34 heavy (non-hydrogen) atoms. The molecule has 0 aromatic carbocycles. The predicted molar refractivity (Wildman–Crippen MR) is 123 cm³/mol. The van der Waals surface area contributed by atoms with Crippen molar-refractivity contribution in [1.29, 1.82) is 0 Å². The van der Waals surface area contributed by atoms with Crippen molar-refractivity contribution in [1.82, 2.24) is 15.5 Å². The van der Waals surface area contributed by atoms with E-state index in [-0.39, 0.29) is 18.9 Å². The second-order valence-corrected chi connectivity index (χ2v) is 10.4. The molecule has 0 aromatic heterocycles. The summed E-state index contributed by atoms with van der Waals surface area (Å²) in [5, 5.41) is 15.7. The van der Waals surface area contributed by atoms with Crippen LogP contribution in [0.25, 0.3) is 0 Å². The Morgan fingerprint density at radius 2 is 1.97 bits per heavy atom. The Kier molecular flexibility index (Phi) is 7.90. The van der Waals surface area contributed by atoms with Crippen LogP contribution in [0.5, 0.6) is 0 Å². The Bertz CT molecular complexity index is 837. The van der Waals surface area contributed by atoms with Crippen LogP contribution in [0.1, 0.15) is 65.7 Å². The van der Waals surface area contributed by atoms with Gasteiger partial charge in [-0.2, -0.15) is 0 Å². The van der Waals surface area contributed by atoms with Gasteiger partial charge in [0.05, 0.1) is 13.2 Å². The third kappa shape index (κ3) is 6.08. The lowest BCUT2D eigenvalue weighted by atomic mass is 10.0. The van der Waals surface area contributed by atoms with Gasteiger partial charge < -0.3 is 30.1 Å². The quantitative estimate of drug-likeness (QED) is 0.403. The zero-order valence-corrected chi connectivity index (χ0v) is 20.5. The topological polar surface area (TPSA) is 134 Å². The molecule has 0 spiro atoms. The van der Waals surface area contributed by atoms with E-state index < -0.39 is 53.2 Å². The first kappa shape index (κ1) is 26.0. The summed E-state index contributed by atoms with van der Waals surface area (Å²) in [6, 6.07) is -1.85. The number of aliphatic hydroxyl groups is 1. The number of nitrogens with zero attached hydrogens (tertiary/aromatic N) is 1. The SMILES string of the molecule is COC(=O)[C@@]12C[C@H]1C=CCCCCCC(NC(=O)OC(C)(C)C)C(=O)N1C[C@@H](O)C[C@H]1C(=O)N2. The number of hydrogen-bond donors (Lipinski definition) is 3. The molecule has 3 rings (SSSR count). The summed E-state index contributed by atoms with van der Waals surface area (Å²) < 4.78 is 10.3. The number of rotatable bonds is 2. The first-order valence-corrected chi connectivity index (χ1v) is 12.0. The molecule has 1 aliphatic carbocycles. The van der Waals surface area contributed by atoms with Crippen molar-refractivity contribution in [3.8, 4) is 0 Å². The number of aliphatic hydroxyl groups excluding tert-OH is 1. The summed E-state index contributed by atoms with van der Waals surface area (Å²) in [7, 11) is 1.28. The van der Waals surface area contributed by atoms with Gasteiger partial charge in [0.25, 0.3) is 0 Å². The van der Waals surface area contributed by atoms with Crippen LogP contribution < -0.4 is 10.6 Å². The number of allylic oxidation sites excluding steroid dienone is 1. The fourth-order valence-corrected chi connectivity index (χ4v) is 4.70. The van der Waals surface area contributed by atoms with Gasteiger partial charge in [0.2, 0.25) is 11.8 Å². The Balaban J connectivity index is 1.84. The van der Waals surface area contributed by atoms with Crippen molar-refractivity contribution in [2.24, 2.45) is 5.92 Å². The maximum atomic E-state index is 13.5. The summed E-state index contributed by atoms with van der Waals surface area (Å²) in [4.78, 5) is 53.0. The van der Waals surface area contributed by atoms with E-state index in [1.165, 1.54) is 12.0 Å². The van der Waals surface area contributed by atoms with E-state index in [4.69, 9.17) is 9.47 Å². The zero-order chi connectivity index (χ0) is 25.1. The lowest BCUT2D eigenvalue weighted by Gasteiger charge is -2.30. The molecule has 3 amide bonds. The minimum atomic E-state index is -1.15. The molecular weight excluding hydrogens is 442 g/mol. The minimum Gasteiger partial charge on any atom is -0.467 e. The standard InChI is InChI=1S/C24H37N3O7/c1-23(2,3)34-22(32)25-17-11-9-7-5-6-8-10-15-13-24(15,21(31)33-4)26-19(29)18-12-16(28)14-27(18)20(17)30/h8,10,15-18,28H,5-7,9,11-14H2,1-4H3,(H,25,32)(H,26,29)/t15-,16+,17?,18+,24-/m1/s1. The predicted octanol–water partition coefficient (Wildman–Crippen LogP) is 1.41. The van der Waals surface area contributed by atoms with Crippen molar-refractivity contribution < 1.29 is 33.8 Å². The monoisotopic (exact) mass is 479 g/mol. The normalized spacial score (nSPS) is 32.4. The Morgan fingerprint density at radius 3 is 2.65 bits per heavy atom. The second-order valence-electron chi connectivity index (χ2n) is 10.4. The van der Waals surface area contributed by atoms with Crippen LogP contribution in [0.15, 0.2) is 12.2 Å². The summed E-state index contributed by atoms with van der Waals surface area (Å²) in [6.07, 6.45) is 6.45. The van der Waals surface area contributed by atoms with Gasteiger partial charge in [-0.25, -0.2) is 9.59 Å². The van der Waals surface area contributed by atoms with E-state index in [1.807, 2.05) is 12.2 Å². The van der Waals surface area contributed by atoms with E-state index >= 15 is 0 Å². The molecule has 1 saturated carbocycles. The molecule has 1 unspecified atom stereocenters. The lowest BCUT2D eigenvalue weighted by Crippen LogP contribution is -2.56. The van der Waals surface area contributed by atoms with Gasteiger partial charge in [0.15, 0.2) is 0 Å². The van der Waals surface area contributed by atoms with Crippen LogP contribution >= 0.6 is 0 Å². The molecule has 10 nitrogen and oxygen atoms in total. The number of alkyl carbamates (subject to hydrolysis) is 1. The molecule has 1 saturated heterocycles. The largest absolute Gasteiger partial charge is 0.467 e. The van der Waals surface area contributed by atoms with E-state index in [0.717, 1.165) is 19.3 Å². The number of ether oxygens (including phenoxy) is 2. The third-order valence-electron chi connectivity index (χ3n) is 6.50. The maximum Gasteiger partial charge on any atom is 0.408 e. The fourth-order valence-electron chi connectivity index (χ4n) is 4.70. The van der Waals surface area contributed by atoms with E-state index in [2.05, 4.69) is 10.6 Å². The number of methoxy groups -OCH3 is 1. The number of carbonyl (C=O) groups excluding carboxylic acids is 4. The molecule has 190 valence electrons. The van der Waals surface area contributed by atoms with E-state index in [9.17, 15) is 24.3 Å². The number of nitrogens with one attached hydrogen (secondary N) is 2. The molecule has 5 atom stereocenters. The van der Waals surface area contributed by atoms with Gasteiger partial charge >= 0.3 is 12.1 Å². The Morgan fingerprint density at radius 1 is 1.24 bits per heavy atom. The van der Waals surface area contributed by atoms with Crippen molar-refractivity contribution in [2.75, 3.05) is 13.7 Å². The maximum absolute atomic E-state index is 13.5. The van der Waals surface area contributed by atoms with Crippen LogP contribution in [-0.2, 0) is 23.9 Å². The van der Waals surface area contributed by atoms with E-state index in [0.29, 0.717) is 19.3 Å². The smallest absolute Gasteiger partial charge is 0.408 e. The van der Waals surface area contributed by atoms with E-state index in [1.54, 1.807) is 20.8 Å². The van der Waals surface area contributed by atoms with Crippen molar-refractivity contribution >= 4 is 23.9 Å². The first-order valence-electron chi connectivity index (χ1n) is 12.0. The molecule has 2 fully saturated rings.